The van der Waals surface area contributed by atoms with Crippen molar-refractivity contribution in [2.75, 3.05) is 26.9 Å². The largest absolute Gasteiger partial charge is 0.493 e. The van der Waals surface area contributed by atoms with E-state index >= 15 is 0 Å². The molecule has 1 heterocycles. The highest BCUT2D eigenvalue weighted by Crippen LogP contribution is 2.28. The molecule has 0 spiro atoms. The van der Waals surface area contributed by atoms with Gasteiger partial charge >= 0.3 is 5.97 Å². The first-order chi connectivity index (χ1) is 8.72. The Kier molecular flexibility index (Phi) is 4.17. The van der Waals surface area contributed by atoms with Gasteiger partial charge in [0.1, 0.15) is 11.8 Å². The molecule has 0 amide bonds. The van der Waals surface area contributed by atoms with Crippen molar-refractivity contribution < 1.29 is 19.4 Å². The van der Waals surface area contributed by atoms with Crippen LogP contribution in [0.15, 0.2) is 18.2 Å². The van der Waals surface area contributed by atoms with Crippen LogP contribution in [-0.4, -0.2) is 37.9 Å². The average Bonchev–Trinajstić information content (AvgIpc) is 2.81. The molecule has 1 aliphatic heterocycles. The SMILES string of the molecule is COCCNC(C(=O)O)c1ccc2c(c1)CCO2. The molecule has 18 heavy (non-hydrogen) atoms. The van der Waals surface area contributed by atoms with Crippen molar-refractivity contribution in [3.05, 3.63) is 29.3 Å². The van der Waals surface area contributed by atoms with Crippen molar-refractivity contribution in [3.63, 3.8) is 0 Å². The fourth-order valence-electron chi connectivity index (χ4n) is 2.04. The second-order valence-electron chi connectivity index (χ2n) is 4.18. The van der Waals surface area contributed by atoms with Gasteiger partial charge in [0.2, 0.25) is 0 Å². The Morgan fingerprint density at radius 1 is 1.61 bits per heavy atom. The average molecular weight is 251 g/mol. The first kappa shape index (κ1) is 12.9. The lowest BCUT2D eigenvalue weighted by molar-refractivity contribution is -0.139. The maximum absolute atomic E-state index is 11.3. The van der Waals surface area contributed by atoms with Crippen molar-refractivity contribution >= 4 is 5.97 Å². The van der Waals surface area contributed by atoms with E-state index in [1.165, 1.54) is 0 Å². The van der Waals surface area contributed by atoms with Crippen molar-refractivity contribution in [2.24, 2.45) is 0 Å². The van der Waals surface area contributed by atoms with E-state index in [0.29, 0.717) is 19.8 Å². The second kappa shape index (κ2) is 5.84. The third kappa shape index (κ3) is 2.80. The van der Waals surface area contributed by atoms with Gasteiger partial charge in [-0.1, -0.05) is 6.07 Å². The Morgan fingerprint density at radius 3 is 3.17 bits per heavy atom. The monoisotopic (exact) mass is 251 g/mol. The predicted octanol–water partition coefficient (Wildman–Crippen LogP) is 0.983. The Bertz CT molecular complexity index is 433. The van der Waals surface area contributed by atoms with Crippen molar-refractivity contribution in [1.29, 1.82) is 0 Å². The van der Waals surface area contributed by atoms with E-state index in [0.717, 1.165) is 23.3 Å². The molecule has 1 aromatic rings. The molecule has 0 aromatic heterocycles. The number of methoxy groups -OCH3 is 1. The lowest BCUT2D eigenvalue weighted by Gasteiger charge is -2.15. The third-order valence-corrected chi connectivity index (χ3v) is 2.95. The van der Waals surface area contributed by atoms with Gasteiger partial charge in [0, 0.05) is 20.1 Å². The lowest BCUT2D eigenvalue weighted by atomic mass is 10.0. The highest BCUT2D eigenvalue weighted by Gasteiger charge is 2.21. The maximum atomic E-state index is 11.3. The van der Waals surface area contributed by atoms with Crippen molar-refractivity contribution in [3.8, 4) is 5.75 Å². The standard InChI is InChI=1S/C13H17NO4/c1-17-7-5-14-12(13(15)16)10-2-3-11-9(8-10)4-6-18-11/h2-3,8,12,14H,4-7H2,1H3,(H,15,16). The zero-order chi connectivity index (χ0) is 13.0. The Hall–Kier alpha value is -1.59. The van der Waals surface area contributed by atoms with Gasteiger partial charge in [-0.3, -0.25) is 10.1 Å². The summed E-state index contributed by atoms with van der Waals surface area (Å²) in [6, 6.07) is 4.83. The molecule has 5 nitrogen and oxygen atoms in total. The van der Waals surface area contributed by atoms with E-state index in [1.807, 2.05) is 12.1 Å². The van der Waals surface area contributed by atoms with Crippen LogP contribution in [0.25, 0.3) is 0 Å². The maximum Gasteiger partial charge on any atom is 0.325 e. The minimum absolute atomic E-state index is 0.484. The van der Waals surface area contributed by atoms with Crippen LogP contribution in [0.4, 0.5) is 0 Å². The number of aliphatic carboxylic acids is 1. The Balaban J connectivity index is 2.12. The number of carboxylic acid groups (broad SMARTS) is 1. The molecule has 2 rings (SSSR count). The fraction of sp³-hybridized carbons (Fsp3) is 0.462. The molecule has 1 aliphatic rings. The topological polar surface area (TPSA) is 67.8 Å². The lowest BCUT2D eigenvalue weighted by Crippen LogP contribution is -2.31. The first-order valence-corrected chi connectivity index (χ1v) is 5.93. The summed E-state index contributed by atoms with van der Waals surface area (Å²) in [5.74, 6) is -0.0234. The number of benzene rings is 1. The summed E-state index contributed by atoms with van der Waals surface area (Å²) in [4.78, 5) is 11.3. The minimum atomic E-state index is -0.884. The quantitative estimate of drug-likeness (QED) is 0.738. The highest BCUT2D eigenvalue weighted by molar-refractivity contribution is 5.75. The number of carbonyl (C=O) groups is 1. The molecule has 5 heteroatoms. The van der Waals surface area contributed by atoms with E-state index in [9.17, 15) is 9.90 Å². The van der Waals surface area contributed by atoms with Crippen molar-refractivity contribution in [1.82, 2.24) is 5.32 Å². The number of ether oxygens (including phenoxy) is 2. The smallest absolute Gasteiger partial charge is 0.325 e. The summed E-state index contributed by atoms with van der Waals surface area (Å²) in [6.07, 6.45) is 0.841. The Morgan fingerprint density at radius 2 is 2.44 bits per heavy atom. The third-order valence-electron chi connectivity index (χ3n) is 2.95. The van der Waals surface area contributed by atoms with Crippen LogP contribution in [0.2, 0.25) is 0 Å². The van der Waals surface area contributed by atoms with Crippen LogP contribution in [0.1, 0.15) is 17.2 Å². The molecule has 1 aromatic carbocycles. The molecule has 98 valence electrons. The molecule has 0 saturated carbocycles. The molecular formula is C13H17NO4. The summed E-state index contributed by atoms with van der Waals surface area (Å²) in [5, 5.41) is 12.2. The van der Waals surface area contributed by atoms with Crippen LogP contribution in [-0.2, 0) is 16.0 Å². The van der Waals surface area contributed by atoms with E-state index in [-0.39, 0.29) is 0 Å². The van der Waals surface area contributed by atoms with Gasteiger partial charge < -0.3 is 14.6 Å². The number of hydrogen-bond acceptors (Lipinski definition) is 4. The zero-order valence-electron chi connectivity index (χ0n) is 10.3. The summed E-state index contributed by atoms with van der Waals surface area (Å²) in [7, 11) is 1.59. The number of fused-ring (bicyclic) bond motifs is 1. The van der Waals surface area contributed by atoms with E-state index in [2.05, 4.69) is 5.32 Å². The molecule has 1 atom stereocenters. The highest BCUT2D eigenvalue weighted by atomic mass is 16.5. The van der Waals surface area contributed by atoms with E-state index in [1.54, 1.807) is 13.2 Å². The number of nitrogens with one attached hydrogen (secondary N) is 1. The molecule has 0 saturated heterocycles. The molecular weight excluding hydrogens is 234 g/mol. The molecule has 0 fully saturated rings. The summed E-state index contributed by atoms with van der Waals surface area (Å²) >= 11 is 0. The van der Waals surface area contributed by atoms with Gasteiger partial charge in [0.25, 0.3) is 0 Å². The van der Waals surface area contributed by atoms with Crippen molar-refractivity contribution in [2.45, 2.75) is 12.5 Å². The van der Waals surface area contributed by atoms with Crippen LogP contribution in [0, 0.1) is 0 Å². The van der Waals surface area contributed by atoms with E-state index in [4.69, 9.17) is 9.47 Å². The van der Waals surface area contributed by atoms with E-state index < -0.39 is 12.0 Å². The van der Waals surface area contributed by atoms with Gasteiger partial charge in [-0.2, -0.15) is 0 Å². The molecule has 0 aliphatic carbocycles. The Labute approximate surface area is 106 Å². The van der Waals surface area contributed by atoms with Gasteiger partial charge in [-0.15, -0.1) is 0 Å². The number of rotatable bonds is 6. The zero-order valence-corrected chi connectivity index (χ0v) is 10.3. The molecule has 0 bridgehead atoms. The molecule has 0 radical (unpaired) electrons. The van der Waals surface area contributed by atoms with Gasteiger partial charge in [-0.25, -0.2) is 0 Å². The van der Waals surface area contributed by atoms with Crippen LogP contribution in [0.5, 0.6) is 5.75 Å². The normalized spacial score (nSPS) is 14.9. The summed E-state index contributed by atoms with van der Waals surface area (Å²) in [6.45, 7) is 1.66. The fourth-order valence-corrected chi connectivity index (χ4v) is 2.04. The summed E-state index contributed by atoms with van der Waals surface area (Å²) < 4.78 is 10.3. The van der Waals surface area contributed by atoms with Gasteiger partial charge in [0.15, 0.2) is 0 Å². The minimum Gasteiger partial charge on any atom is -0.493 e. The first-order valence-electron chi connectivity index (χ1n) is 5.93. The van der Waals surface area contributed by atoms with Crippen LogP contribution < -0.4 is 10.1 Å². The molecule has 1 unspecified atom stereocenters. The number of hydrogen-bond donors (Lipinski definition) is 2. The van der Waals surface area contributed by atoms with Crippen LogP contribution in [0.3, 0.4) is 0 Å². The predicted molar refractivity (Wildman–Crippen MR) is 65.9 cm³/mol. The summed E-state index contributed by atoms with van der Waals surface area (Å²) in [5.41, 5.74) is 1.83. The van der Waals surface area contributed by atoms with Gasteiger partial charge in [0.05, 0.1) is 13.2 Å². The van der Waals surface area contributed by atoms with Crippen LogP contribution >= 0.6 is 0 Å². The van der Waals surface area contributed by atoms with Gasteiger partial charge in [-0.05, 0) is 23.3 Å². The second-order valence-corrected chi connectivity index (χ2v) is 4.18. The molecule has 2 N–H and O–H groups in total. The number of carboxylic acids is 1.